The predicted octanol–water partition coefficient (Wildman–Crippen LogP) is 2.02. The summed E-state index contributed by atoms with van der Waals surface area (Å²) in [5.74, 6) is 0.934. The summed E-state index contributed by atoms with van der Waals surface area (Å²) >= 11 is 0. The van der Waals surface area contributed by atoms with Gasteiger partial charge in [-0.3, -0.25) is 0 Å². The molecule has 0 aromatic carbocycles. The Bertz CT molecular complexity index is 156. The van der Waals surface area contributed by atoms with Gasteiger partial charge in [0.05, 0.1) is 6.07 Å². The third-order valence-electron chi connectivity index (χ3n) is 2.73. The predicted molar refractivity (Wildman–Crippen MR) is 49.7 cm³/mol. The number of nitrogens with zero attached hydrogens (tertiary/aromatic N) is 2. The highest BCUT2D eigenvalue weighted by molar-refractivity contribution is 4.76. The van der Waals surface area contributed by atoms with Crippen LogP contribution in [-0.2, 0) is 0 Å². The SMILES string of the molecule is CCN(CCC#N)CC1CCC1. The molecule has 0 heterocycles. The summed E-state index contributed by atoms with van der Waals surface area (Å²) < 4.78 is 0. The van der Waals surface area contributed by atoms with Gasteiger partial charge in [0, 0.05) is 19.5 Å². The van der Waals surface area contributed by atoms with Crippen LogP contribution >= 0.6 is 0 Å². The van der Waals surface area contributed by atoms with E-state index < -0.39 is 0 Å². The van der Waals surface area contributed by atoms with Crippen molar-refractivity contribution in [2.45, 2.75) is 32.6 Å². The van der Waals surface area contributed by atoms with E-state index in [1.807, 2.05) is 0 Å². The first-order chi connectivity index (χ1) is 5.86. The molecule has 68 valence electrons. The Morgan fingerprint density at radius 2 is 2.25 bits per heavy atom. The van der Waals surface area contributed by atoms with Crippen LogP contribution in [0.15, 0.2) is 0 Å². The normalized spacial score (nSPS) is 17.4. The molecule has 0 amide bonds. The van der Waals surface area contributed by atoms with Gasteiger partial charge in [-0.2, -0.15) is 5.26 Å². The summed E-state index contributed by atoms with van der Waals surface area (Å²) in [6, 6.07) is 2.20. The van der Waals surface area contributed by atoms with E-state index in [0.29, 0.717) is 6.42 Å². The van der Waals surface area contributed by atoms with Gasteiger partial charge >= 0.3 is 0 Å². The summed E-state index contributed by atoms with van der Waals surface area (Å²) in [5, 5.41) is 8.44. The molecular formula is C10H18N2. The Morgan fingerprint density at radius 1 is 1.50 bits per heavy atom. The van der Waals surface area contributed by atoms with Crippen LogP contribution in [0.25, 0.3) is 0 Å². The maximum Gasteiger partial charge on any atom is 0.0635 e. The van der Waals surface area contributed by atoms with Crippen molar-refractivity contribution in [3.8, 4) is 6.07 Å². The lowest BCUT2D eigenvalue weighted by molar-refractivity contribution is 0.187. The van der Waals surface area contributed by atoms with E-state index in [4.69, 9.17) is 5.26 Å². The van der Waals surface area contributed by atoms with Gasteiger partial charge in [0.2, 0.25) is 0 Å². The number of rotatable bonds is 5. The topological polar surface area (TPSA) is 27.0 Å². The second kappa shape index (κ2) is 5.16. The van der Waals surface area contributed by atoms with Crippen LogP contribution in [0.2, 0.25) is 0 Å². The summed E-state index contributed by atoms with van der Waals surface area (Å²) in [6.45, 7) is 5.45. The Hall–Kier alpha value is -0.550. The first-order valence-electron chi connectivity index (χ1n) is 4.96. The van der Waals surface area contributed by atoms with Gasteiger partial charge in [0.25, 0.3) is 0 Å². The minimum atomic E-state index is 0.681. The minimum absolute atomic E-state index is 0.681. The van der Waals surface area contributed by atoms with Crippen molar-refractivity contribution in [3.05, 3.63) is 0 Å². The lowest BCUT2D eigenvalue weighted by atomic mass is 9.85. The first kappa shape index (κ1) is 9.54. The highest BCUT2D eigenvalue weighted by Crippen LogP contribution is 2.26. The maximum absolute atomic E-state index is 8.44. The molecule has 0 aliphatic heterocycles. The van der Waals surface area contributed by atoms with Crippen LogP contribution in [0.5, 0.6) is 0 Å². The monoisotopic (exact) mass is 166 g/mol. The molecule has 0 bridgehead atoms. The van der Waals surface area contributed by atoms with E-state index in [2.05, 4.69) is 17.9 Å². The van der Waals surface area contributed by atoms with Crippen LogP contribution in [0.4, 0.5) is 0 Å². The highest BCUT2D eigenvalue weighted by Gasteiger charge is 2.19. The standard InChI is InChI=1S/C10H18N2/c1-2-12(8-4-7-11)9-10-5-3-6-10/h10H,2-6,8-9H2,1H3. The summed E-state index contributed by atoms with van der Waals surface area (Å²) in [6.07, 6.45) is 4.91. The second-order valence-corrected chi connectivity index (χ2v) is 3.60. The van der Waals surface area contributed by atoms with E-state index in [0.717, 1.165) is 19.0 Å². The first-order valence-corrected chi connectivity index (χ1v) is 4.96. The lowest BCUT2D eigenvalue weighted by Gasteiger charge is -2.31. The van der Waals surface area contributed by atoms with E-state index in [-0.39, 0.29) is 0 Å². The molecule has 1 fully saturated rings. The van der Waals surface area contributed by atoms with E-state index in [1.165, 1.54) is 25.8 Å². The van der Waals surface area contributed by atoms with Gasteiger partial charge in [-0.1, -0.05) is 13.3 Å². The van der Waals surface area contributed by atoms with Gasteiger partial charge in [0.15, 0.2) is 0 Å². The Morgan fingerprint density at radius 3 is 2.67 bits per heavy atom. The van der Waals surface area contributed by atoms with Crippen molar-refractivity contribution in [1.29, 1.82) is 5.26 Å². The van der Waals surface area contributed by atoms with Crippen molar-refractivity contribution >= 4 is 0 Å². The summed E-state index contributed by atoms with van der Waals surface area (Å²) in [5.41, 5.74) is 0. The molecule has 0 radical (unpaired) electrons. The molecule has 0 unspecified atom stereocenters. The van der Waals surface area contributed by atoms with Crippen LogP contribution < -0.4 is 0 Å². The molecule has 1 aliphatic rings. The maximum atomic E-state index is 8.44. The second-order valence-electron chi connectivity index (χ2n) is 3.60. The zero-order valence-corrected chi connectivity index (χ0v) is 7.92. The fourth-order valence-corrected chi connectivity index (χ4v) is 1.63. The van der Waals surface area contributed by atoms with Crippen LogP contribution in [0.1, 0.15) is 32.6 Å². The van der Waals surface area contributed by atoms with Gasteiger partial charge in [-0.05, 0) is 25.3 Å². The Labute approximate surface area is 75.2 Å². The van der Waals surface area contributed by atoms with E-state index in [1.54, 1.807) is 0 Å². The Balaban J connectivity index is 2.11. The Kier molecular flexibility index (Phi) is 4.10. The molecule has 2 heteroatoms. The average molecular weight is 166 g/mol. The van der Waals surface area contributed by atoms with Gasteiger partial charge in [-0.25, -0.2) is 0 Å². The molecule has 0 saturated heterocycles. The van der Waals surface area contributed by atoms with Crippen LogP contribution in [-0.4, -0.2) is 24.5 Å². The van der Waals surface area contributed by atoms with E-state index in [9.17, 15) is 0 Å². The average Bonchev–Trinajstić information content (AvgIpc) is 2.02. The smallest absolute Gasteiger partial charge is 0.0635 e. The minimum Gasteiger partial charge on any atom is -0.302 e. The zero-order chi connectivity index (χ0) is 8.81. The van der Waals surface area contributed by atoms with Gasteiger partial charge in [0.1, 0.15) is 0 Å². The fourth-order valence-electron chi connectivity index (χ4n) is 1.63. The highest BCUT2D eigenvalue weighted by atomic mass is 15.1. The van der Waals surface area contributed by atoms with Crippen molar-refractivity contribution in [2.24, 2.45) is 5.92 Å². The molecule has 0 spiro atoms. The number of hydrogen-bond acceptors (Lipinski definition) is 2. The largest absolute Gasteiger partial charge is 0.302 e. The fraction of sp³-hybridized carbons (Fsp3) is 0.900. The molecule has 1 rings (SSSR count). The van der Waals surface area contributed by atoms with Gasteiger partial charge < -0.3 is 4.90 Å². The van der Waals surface area contributed by atoms with Crippen LogP contribution in [0.3, 0.4) is 0 Å². The van der Waals surface area contributed by atoms with Crippen molar-refractivity contribution < 1.29 is 0 Å². The zero-order valence-electron chi connectivity index (χ0n) is 7.92. The van der Waals surface area contributed by atoms with Gasteiger partial charge in [-0.15, -0.1) is 0 Å². The molecule has 12 heavy (non-hydrogen) atoms. The van der Waals surface area contributed by atoms with Crippen molar-refractivity contribution in [3.63, 3.8) is 0 Å². The molecule has 0 aromatic rings. The number of nitriles is 1. The summed E-state index contributed by atoms with van der Waals surface area (Å²) in [7, 11) is 0. The van der Waals surface area contributed by atoms with E-state index >= 15 is 0 Å². The van der Waals surface area contributed by atoms with Crippen molar-refractivity contribution in [2.75, 3.05) is 19.6 Å². The lowest BCUT2D eigenvalue weighted by Crippen LogP contribution is -2.33. The molecule has 0 N–H and O–H groups in total. The van der Waals surface area contributed by atoms with Crippen molar-refractivity contribution in [1.82, 2.24) is 4.90 Å². The third-order valence-corrected chi connectivity index (χ3v) is 2.73. The quantitative estimate of drug-likeness (QED) is 0.624. The molecule has 1 saturated carbocycles. The molecule has 0 atom stereocenters. The molecule has 2 nitrogen and oxygen atoms in total. The molecule has 1 aliphatic carbocycles. The molecule has 0 aromatic heterocycles. The van der Waals surface area contributed by atoms with Crippen LogP contribution in [0, 0.1) is 17.2 Å². The number of hydrogen-bond donors (Lipinski definition) is 0. The molecular weight excluding hydrogens is 148 g/mol. The summed E-state index contributed by atoms with van der Waals surface area (Å²) in [4.78, 5) is 2.40. The third kappa shape index (κ3) is 2.83.